The Hall–Kier alpha value is -1.06. The molecule has 2 N–H and O–H groups in total. The van der Waals surface area contributed by atoms with Gasteiger partial charge in [0, 0.05) is 19.0 Å². The van der Waals surface area contributed by atoms with Gasteiger partial charge in [0.25, 0.3) is 0 Å². The van der Waals surface area contributed by atoms with Gasteiger partial charge in [0.15, 0.2) is 0 Å². The van der Waals surface area contributed by atoms with Crippen LogP contribution in [0.1, 0.15) is 37.2 Å². The van der Waals surface area contributed by atoms with Crippen LogP contribution in [0.3, 0.4) is 0 Å². The van der Waals surface area contributed by atoms with Gasteiger partial charge in [0.1, 0.15) is 5.75 Å². The Bertz CT molecular complexity index is 421. The van der Waals surface area contributed by atoms with Gasteiger partial charge in [-0.3, -0.25) is 0 Å². The van der Waals surface area contributed by atoms with Gasteiger partial charge in [-0.05, 0) is 36.8 Å². The molecule has 0 amide bonds. The lowest BCUT2D eigenvalue weighted by molar-refractivity contribution is 0.131. The zero-order valence-electron chi connectivity index (χ0n) is 11.3. The highest BCUT2D eigenvalue weighted by atomic mass is 16.5. The number of para-hydroxylation sites is 1. The molecule has 1 aromatic carbocycles. The molecule has 1 aromatic rings. The third kappa shape index (κ3) is 2.93. The van der Waals surface area contributed by atoms with Crippen molar-refractivity contribution in [2.24, 2.45) is 5.92 Å². The Labute approximate surface area is 115 Å². The van der Waals surface area contributed by atoms with Crippen molar-refractivity contribution in [3.05, 3.63) is 29.8 Å². The number of nitrogens with one attached hydrogen (secondary N) is 1. The molecule has 2 aliphatic rings. The average molecular weight is 261 g/mol. The summed E-state index contributed by atoms with van der Waals surface area (Å²) in [6.07, 6.45) is 4.31. The van der Waals surface area contributed by atoms with Crippen molar-refractivity contribution in [1.82, 2.24) is 5.32 Å². The van der Waals surface area contributed by atoms with Crippen LogP contribution < -0.4 is 10.1 Å². The maximum Gasteiger partial charge on any atom is 0.122 e. The van der Waals surface area contributed by atoms with Gasteiger partial charge in [-0.25, -0.2) is 0 Å². The van der Waals surface area contributed by atoms with E-state index in [2.05, 4.69) is 23.5 Å². The van der Waals surface area contributed by atoms with Gasteiger partial charge in [0.05, 0.1) is 12.7 Å². The zero-order chi connectivity index (χ0) is 13.1. The first kappa shape index (κ1) is 12.9. The van der Waals surface area contributed by atoms with Gasteiger partial charge < -0.3 is 15.2 Å². The Morgan fingerprint density at radius 1 is 1.16 bits per heavy atom. The summed E-state index contributed by atoms with van der Waals surface area (Å²) in [5.41, 5.74) is 1.33. The molecular weight excluding hydrogens is 238 g/mol. The Morgan fingerprint density at radius 2 is 2.05 bits per heavy atom. The summed E-state index contributed by atoms with van der Waals surface area (Å²) in [5.74, 6) is 2.04. The van der Waals surface area contributed by atoms with Crippen molar-refractivity contribution in [2.45, 2.75) is 37.7 Å². The fourth-order valence-electron chi connectivity index (χ4n) is 3.33. The number of hydrogen-bond acceptors (Lipinski definition) is 3. The second kappa shape index (κ2) is 5.93. The molecule has 3 unspecified atom stereocenters. The second-order valence-corrected chi connectivity index (χ2v) is 5.79. The van der Waals surface area contributed by atoms with Gasteiger partial charge in [-0.2, -0.15) is 0 Å². The third-order valence-electron chi connectivity index (χ3n) is 4.50. The summed E-state index contributed by atoms with van der Waals surface area (Å²) in [4.78, 5) is 0. The molecule has 3 nitrogen and oxygen atoms in total. The quantitative estimate of drug-likeness (QED) is 0.874. The van der Waals surface area contributed by atoms with Crippen molar-refractivity contribution >= 4 is 0 Å². The molecule has 3 heteroatoms. The van der Waals surface area contributed by atoms with Crippen LogP contribution in [-0.4, -0.2) is 30.9 Å². The van der Waals surface area contributed by atoms with Crippen molar-refractivity contribution in [1.29, 1.82) is 0 Å². The number of ether oxygens (including phenoxy) is 1. The molecule has 3 rings (SSSR count). The van der Waals surface area contributed by atoms with Crippen LogP contribution in [0.15, 0.2) is 24.3 Å². The van der Waals surface area contributed by atoms with E-state index in [9.17, 15) is 5.11 Å². The number of aliphatic hydroxyl groups excluding tert-OH is 1. The maximum atomic E-state index is 9.82. The lowest BCUT2D eigenvalue weighted by Gasteiger charge is -2.26. The van der Waals surface area contributed by atoms with Gasteiger partial charge in [-0.15, -0.1) is 0 Å². The fourth-order valence-corrected chi connectivity index (χ4v) is 3.33. The first-order valence-electron chi connectivity index (χ1n) is 7.45. The van der Waals surface area contributed by atoms with E-state index < -0.39 is 0 Å². The summed E-state index contributed by atoms with van der Waals surface area (Å²) in [5, 5.41) is 13.4. The van der Waals surface area contributed by atoms with E-state index in [1.807, 2.05) is 6.07 Å². The standard InChI is InChI=1S/C16H23NO2/c18-15-6-3-4-13(15)11-17-10-12-8-9-19-16-7-2-1-5-14(12)16/h1-2,5,7,12-13,15,17-18H,3-4,6,8-11H2. The molecule has 0 spiro atoms. The van der Waals surface area contributed by atoms with E-state index in [4.69, 9.17) is 4.74 Å². The third-order valence-corrected chi connectivity index (χ3v) is 4.50. The number of benzene rings is 1. The molecular formula is C16H23NO2. The Morgan fingerprint density at radius 3 is 2.89 bits per heavy atom. The predicted octanol–water partition coefficient (Wildman–Crippen LogP) is 2.30. The van der Waals surface area contributed by atoms with E-state index in [1.54, 1.807) is 0 Å². The topological polar surface area (TPSA) is 41.5 Å². The molecule has 0 bridgehead atoms. The number of rotatable bonds is 4. The molecule has 1 saturated carbocycles. The number of fused-ring (bicyclic) bond motifs is 1. The minimum Gasteiger partial charge on any atom is -0.493 e. The van der Waals surface area contributed by atoms with Crippen LogP contribution in [0.5, 0.6) is 5.75 Å². The zero-order valence-corrected chi connectivity index (χ0v) is 11.3. The van der Waals surface area contributed by atoms with E-state index in [1.165, 1.54) is 18.4 Å². The maximum absolute atomic E-state index is 9.82. The van der Waals surface area contributed by atoms with Crippen LogP contribution in [0.4, 0.5) is 0 Å². The highest BCUT2D eigenvalue weighted by molar-refractivity contribution is 5.37. The van der Waals surface area contributed by atoms with Crippen molar-refractivity contribution in [3.8, 4) is 5.75 Å². The summed E-state index contributed by atoms with van der Waals surface area (Å²) < 4.78 is 5.68. The van der Waals surface area contributed by atoms with E-state index in [-0.39, 0.29) is 6.10 Å². The van der Waals surface area contributed by atoms with Crippen LogP contribution in [0.2, 0.25) is 0 Å². The second-order valence-electron chi connectivity index (χ2n) is 5.79. The minimum atomic E-state index is -0.0884. The summed E-state index contributed by atoms with van der Waals surface area (Å²) in [7, 11) is 0. The van der Waals surface area contributed by atoms with E-state index in [0.29, 0.717) is 11.8 Å². The average Bonchev–Trinajstić information content (AvgIpc) is 2.85. The minimum absolute atomic E-state index is 0.0884. The molecule has 0 saturated heterocycles. The van der Waals surface area contributed by atoms with Crippen LogP contribution in [-0.2, 0) is 0 Å². The van der Waals surface area contributed by atoms with Gasteiger partial charge in [0.2, 0.25) is 0 Å². The lowest BCUT2D eigenvalue weighted by atomic mass is 9.93. The fraction of sp³-hybridized carbons (Fsp3) is 0.625. The SMILES string of the molecule is OC1CCCC1CNCC1CCOc2ccccc21. The first-order chi connectivity index (χ1) is 9.34. The summed E-state index contributed by atoms with van der Waals surface area (Å²) in [6, 6.07) is 8.35. The normalized spacial score (nSPS) is 29.8. The molecule has 1 fully saturated rings. The molecule has 1 aliphatic carbocycles. The Balaban J connectivity index is 1.53. The lowest BCUT2D eigenvalue weighted by Crippen LogP contribution is -2.32. The Kier molecular flexibility index (Phi) is 4.04. The van der Waals surface area contributed by atoms with Crippen LogP contribution >= 0.6 is 0 Å². The molecule has 3 atom stereocenters. The summed E-state index contributed by atoms with van der Waals surface area (Å²) >= 11 is 0. The molecule has 19 heavy (non-hydrogen) atoms. The van der Waals surface area contributed by atoms with Gasteiger partial charge in [-0.1, -0.05) is 24.6 Å². The largest absolute Gasteiger partial charge is 0.493 e. The van der Waals surface area contributed by atoms with Crippen LogP contribution in [0.25, 0.3) is 0 Å². The van der Waals surface area contributed by atoms with Crippen LogP contribution in [0, 0.1) is 5.92 Å². The monoisotopic (exact) mass is 261 g/mol. The molecule has 104 valence electrons. The van der Waals surface area contributed by atoms with Crippen molar-refractivity contribution in [3.63, 3.8) is 0 Å². The van der Waals surface area contributed by atoms with Crippen molar-refractivity contribution in [2.75, 3.05) is 19.7 Å². The predicted molar refractivity (Wildman–Crippen MR) is 75.5 cm³/mol. The highest BCUT2D eigenvalue weighted by Crippen LogP contribution is 2.33. The van der Waals surface area contributed by atoms with E-state index in [0.717, 1.165) is 38.3 Å². The molecule has 0 aromatic heterocycles. The van der Waals surface area contributed by atoms with Gasteiger partial charge >= 0.3 is 0 Å². The van der Waals surface area contributed by atoms with Crippen molar-refractivity contribution < 1.29 is 9.84 Å². The molecule has 1 aliphatic heterocycles. The number of aliphatic hydroxyl groups is 1. The first-order valence-corrected chi connectivity index (χ1v) is 7.45. The number of hydrogen-bond donors (Lipinski definition) is 2. The highest BCUT2D eigenvalue weighted by Gasteiger charge is 2.26. The van der Waals surface area contributed by atoms with E-state index >= 15 is 0 Å². The molecule has 0 radical (unpaired) electrons. The summed E-state index contributed by atoms with van der Waals surface area (Å²) in [6.45, 7) is 2.75. The smallest absolute Gasteiger partial charge is 0.122 e. The molecule has 1 heterocycles.